The van der Waals surface area contributed by atoms with Crippen LogP contribution >= 0.6 is 11.6 Å². The summed E-state index contributed by atoms with van der Waals surface area (Å²) in [5.74, 6) is -0.619. The number of anilines is 2. The van der Waals surface area contributed by atoms with E-state index >= 15 is 0 Å². The normalized spacial score (nSPS) is 26.8. The van der Waals surface area contributed by atoms with Gasteiger partial charge in [0.15, 0.2) is 0 Å². The average molecular weight is 421 g/mol. The van der Waals surface area contributed by atoms with Gasteiger partial charge in [-0.15, -0.1) is 0 Å². The highest BCUT2D eigenvalue weighted by molar-refractivity contribution is 6.31. The van der Waals surface area contributed by atoms with Gasteiger partial charge in [0.25, 0.3) is 5.91 Å². The number of benzene rings is 2. The van der Waals surface area contributed by atoms with Crippen molar-refractivity contribution in [2.24, 2.45) is 23.7 Å². The second-order valence-corrected chi connectivity index (χ2v) is 8.80. The molecule has 0 radical (unpaired) electrons. The largest absolute Gasteiger partial charge is 0.322 e. The molecule has 152 valence electrons. The van der Waals surface area contributed by atoms with Gasteiger partial charge in [-0.3, -0.25) is 19.3 Å². The summed E-state index contributed by atoms with van der Waals surface area (Å²) in [6.07, 6.45) is 3.07. The summed E-state index contributed by atoms with van der Waals surface area (Å²) in [5.41, 5.74) is 3.63. The van der Waals surface area contributed by atoms with Crippen molar-refractivity contribution in [3.8, 4) is 0 Å². The number of hydrogen-bond acceptors (Lipinski definition) is 3. The molecule has 2 fully saturated rings. The summed E-state index contributed by atoms with van der Waals surface area (Å²) in [6, 6.07) is 11.9. The highest BCUT2D eigenvalue weighted by Crippen LogP contribution is 2.55. The van der Waals surface area contributed by atoms with Crippen molar-refractivity contribution in [2.45, 2.75) is 20.3 Å². The van der Waals surface area contributed by atoms with E-state index in [1.807, 2.05) is 6.92 Å². The average Bonchev–Trinajstić information content (AvgIpc) is 3.36. The topological polar surface area (TPSA) is 66.5 Å². The molecule has 2 aromatic rings. The summed E-state index contributed by atoms with van der Waals surface area (Å²) >= 11 is 6.11. The highest BCUT2D eigenvalue weighted by Gasteiger charge is 2.60. The van der Waals surface area contributed by atoms with E-state index in [0.29, 0.717) is 22.0 Å². The molecule has 30 heavy (non-hydrogen) atoms. The smallest absolute Gasteiger partial charge is 0.255 e. The molecule has 2 bridgehead atoms. The molecule has 1 heterocycles. The predicted molar refractivity (Wildman–Crippen MR) is 115 cm³/mol. The van der Waals surface area contributed by atoms with Gasteiger partial charge < -0.3 is 5.32 Å². The van der Waals surface area contributed by atoms with Crippen molar-refractivity contribution >= 4 is 40.7 Å². The Morgan fingerprint density at radius 2 is 1.73 bits per heavy atom. The fourth-order valence-electron chi connectivity index (χ4n) is 5.23. The van der Waals surface area contributed by atoms with Crippen LogP contribution in [0.5, 0.6) is 0 Å². The van der Waals surface area contributed by atoms with Crippen LogP contribution in [-0.2, 0) is 9.59 Å². The molecule has 0 spiro atoms. The molecule has 1 saturated carbocycles. The number of carbonyl (C=O) groups is 3. The minimum Gasteiger partial charge on any atom is -0.322 e. The first-order chi connectivity index (χ1) is 14.4. The third-order valence-electron chi connectivity index (χ3n) is 6.78. The van der Waals surface area contributed by atoms with Gasteiger partial charge in [0, 0.05) is 16.3 Å². The first-order valence-corrected chi connectivity index (χ1v) is 10.5. The Balaban J connectivity index is 1.36. The number of imide groups is 1. The number of amides is 3. The van der Waals surface area contributed by atoms with Crippen molar-refractivity contribution in [3.05, 3.63) is 70.3 Å². The zero-order valence-electron chi connectivity index (χ0n) is 16.7. The van der Waals surface area contributed by atoms with Crippen LogP contribution < -0.4 is 10.2 Å². The molecule has 0 aromatic heterocycles. The molecule has 3 aliphatic rings. The number of hydrogen-bond donors (Lipinski definition) is 1. The van der Waals surface area contributed by atoms with Crippen LogP contribution in [0.3, 0.4) is 0 Å². The molecule has 4 atom stereocenters. The standard InChI is InChI=1S/C24H21ClN2O3/c1-12-10-15-11-17(12)21-20(15)23(29)27(24(21)30)16-8-6-14(7-9-16)22(28)26-19-5-3-4-18(25)13(19)2/h3-10,15,17,20-21H,11H2,1-2H3,(H,26,28)/t15-,17-,20-,21+/m1/s1. The van der Waals surface area contributed by atoms with Gasteiger partial charge in [-0.05, 0) is 74.1 Å². The van der Waals surface area contributed by atoms with E-state index in [2.05, 4.69) is 18.3 Å². The van der Waals surface area contributed by atoms with E-state index in [9.17, 15) is 14.4 Å². The van der Waals surface area contributed by atoms with Gasteiger partial charge >= 0.3 is 0 Å². The van der Waals surface area contributed by atoms with Crippen molar-refractivity contribution in [2.75, 3.05) is 10.2 Å². The first kappa shape index (κ1) is 19.1. The minimum absolute atomic E-state index is 0.114. The summed E-state index contributed by atoms with van der Waals surface area (Å²) in [7, 11) is 0. The zero-order valence-corrected chi connectivity index (χ0v) is 17.4. The van der Waals surface area contributed by atoms with E-state index in [-0.39, 0.29) is 41.4 Å². The Hall–Kier alpha value is -2.92. The molecule has 2 aromatic carbocycles. The first-order valence-electron chi connectivity index (χ1n) is 10.1. The molecule has 3 amide bonds. The Bertz CT molecular complexity index is 1120. The molecular weight excluding hydrogens is 400 g/mol. The van der Waals surface area contributed by atoms with Gasteiger partial charge in [0.05, 0.1) is 17.5 Å². The van der Waals surface area contributed by atoms with Crippen LogP contribution in [0.15, 0.2) is 54.1 Å². The monoisotopic (exact) mass is 420 g/mol. The number of halogens is 1. The van der Waals surface area contributed by atoms with Crippen molar-refractivity contribution in [3.63, 3.8) is 0 Å². The lowest BCUT2D eigenvalue weighted by Crippen LogP contribution is -2.33. The van der Waals surface area contributed by atoms with Gasteiger partial charge in [0.1, 0.15) is 0 Å². The molecule has 1 saturated heterocycles. The second kappa shape index (κ2) is 6.81. The molecule has 0 unspecified atom stereocenters. The zero-order chi connectivity index (χ0) is 21.2. The van der Waals surface area contributed by atoms with Crippen LogP contribution in [0.2, 0.25) is 5.02 Å². The summed E-state index contributed by atoms with van der Waals surface area (Å²) in [4.78, 5) is 40.0. The maximum Gasteiger partial charge on any atom is 0.255 e. The van der Waals surface area contributed by atoms with Crippen LogP contribution in [0.4, 0.5) is 11.4 Å². The highest BCUT2D eigenvalue weighted by atomic mass is 35.5. The lowest BCUT2D eigenvalue weighted by Gasteiger charge is -2.19. The number of allylic oxidation sites excluding steroid dienone is 2. The Kier molecular flexibility index (Phi) is 4.33. The van der Waals surface area contributed by atoms with Crippen LogP contribution in [0.1, 0.15) is 29.3 Å². The SMILES string of the molecule is CC1=C[C@@H]2C[C@H]1[C@@H]1C(=O)N(c3ccc(C(=O)Nc4cccc(Cl)c4C)cc3)C(=O)[C@@H]12. The van der Waals surface area contributed by atoms with Crippen molar-refractivity contribution < 1.29 is 14.4 Å². The molecule has 5 rings (SSSR count). The molecule has 1 aliphatic heterocycles. The Labute approximate surface area is 179 Å². The number of fused-ring (bicyclic) bond motifs is 5. The maximum absolute atomic E-state index is 13.0. The van der Waals surface area contributed by atoms with Gasteiger partial charge in [-0.1, -0.05) is 29.3 Å². The summed E-state index contributed by atoms with van der Waals surface area (Å²) in [6.45, 7) is 3.89. The molecule has 1 N–H and O–H groups in total. The van der Waals surface area contributed by atoms with E-state index in [1.54, 1.807) is 42.5 Å². The van der Waals surface area contributed by atoms with Crippen LogP contribution in [0.25, 0.3) is 0 Å². The lowest BCUT2D eigenvalue weighted by atomic mass is 9.82. The third kappa shape index (κ3) is 2.72. The molecule has 5 nitrogen and oxygen atoms in total. The third-order valence-corrected chi connectivity index (χ3v) is 7.19. The van der Waals surface area contributed by atoms with E-state index in [0.717, 1.165) is 12.0 Å². The minimum atomic E-state index is -0.277. The van der Waals surface area contributed by atoms with Gasteiger partial charge in [-0.2, -0.15) is 0 Å². The maximum atomic E-state index is 13.0. The summed E-state index contributed by atoms with van der Waals surface area (Å²) in [5, 5.41) is 3.44. The number of rotatable bonds is 3. The van der Waals surface area contributed by atoms with Crippen molar-refractivity contribution in [1.82, 2.24) is 0 Å². The van der Waals surface area contributed by atoms with E-state index in [1.165, 1.54) is 10.5 Å². The number of carbonyl (C=O) groups excluding carboxylic acids is 3. The number of nitrogens with zero attached hydrogens (tertiary/aromatic N) is 1. The fourth-order valence-corrected chi connectivity index (χ4v) is 5.40. The Morgan fingerprint density at radius 3 is 2.47 bits per heavy atom. The quantitative estimate of drug-likeness (QED) is 0.582. The summed E-state index contributed by atoms with van der Waals surface area (Å²) < 4.78 is 0. The molecular formula is C24H21ClN2O3. The van der Waals surface area contributed by atoms with Crippen LogP contribution in [0, 0.1) is 30.6 Å². The molecule has 6 heteroatoms. The fraction of sp³-hybridized carbons (Fsp3) is 0.292. The van der Waals surface area contributed by atoms with Crippen molar-refractivity contribution in [1.29, 1.82) is 0 Å². The number of nitrogens with one attached hydrogen (secondary N) is 1. The predicted octanol–water partition coefficient (Wildman–Crippen LogP) is 4.60. The van der Waals surface area contributed by atoms with Crippen LogP contribution in [-0.4, -0.2) is 17.7 Å². The Morgan fingerprint density at radius 1 is 1.03 bits per heavy atom. The van der Waals surface area contributed by atoms with E-state index in [4.69, 9.17) is 11.6 Å². The lowest BCUT2D eigenvalue weighted by molar-refractivity contribution is -0.123. The molecule has 2 aliphatic carbocycles. The second-order valence-electron chi connectivity index (χ2n) is 8.39. The van der Waals surface area contributed by atoms with Gasteiger partial charge in [0.2, 0.25) is 11.8 Å². The van der Waals surface area contributed by atoms with E-state index < -0.39 is 0 Å². The van der Waals surface area contributed by atoms with Gasteiger partial charge in [-0.25, -0.2) is 0 Å².